The normalized spacial score (nSPS) is 15.5. The predicted molar refractivity (Wildman–Crippen MR) is 120 cm³/mol. The number of hydrogen-bond acceptors (Lipinski definition) is 3. The molecule has 0 aromatic heterocycles. The van der Waals surface area contributed by atoms with Crippen LogP contribution < -0.4 is 4.74 Å². The second-order valence-electron chi connectivity index (χ2n) is 8.21. The van der Waals surface area contributed by atoms with Gasteiger partial charge in [-0.1, -0.05) is 61.7 Å². The van der Waals surface area contributed by atoms with E-state index < -0.39 is 0 Å². The van der Waals surface area contributed by atoms with E-state index in [2.05, 4.69) is 41.3 Å². The summed E-state index contributed by atoms with van der Waals surface area (Å²) < 4.78 is 11.3. The number of likely N-dealkylation sites (tertiary alicyclic amines) is 1. The molecule has 0 unspecified atom stereocenters. The minimum absolute atomic E-state index is 0.496. The fourth-order valence-corrected chi connectivity index (χ4v) is 4.06. The summed E-state index contributed by atoms with van der Waals surface area (Å²) in [6.07, 6.45) is 10.7. The van der Waals surface area contributed by atoms with E-state index in [4.69, 9.17) is 9.47 Å². The van der Waals surface area contributed by atoms with E-state index in [1.807, 2.05) is 25.3 Å². The molecule has 1 fully saturated rings. The lowest BCUT2D eigenvalue weighted by Crippen LogP contribution is -2.37. The molecule has 1 aliphatic heterocycles. The van der Waals surface area contributed by atoms with Gasteiger partial charge in [0.15, 0.2) is 0 Å². The smallest absolute Gasteiger partial charge is 0.119 e. The maximum absolute atomic E-state index is 5.87. The molecule has 3 heteroatoms. The number of nitrogens with zero attached hydrogens (tertiary/aromatic N) is 1. The van der Waals surface area contributed by atoms with Gasteiger partial charge in [-0.15, -0.1) is 0 Å². The zero-order valence-electron chi connectivity index (χ0n) is 18.0. The van der Waals surface area contributed by atoms with Crippen molar-refractivity contribution in [2.24, 2.45) is 0 Å². The van der Waals surface area contributed by atoms with Gasteiger partial charge in [-0.3, -0.25) is 0 Å². The van der Waals surface area contributed by atoms with E-state index in [1.54, 1.807) is 0 Å². The highest BCUT2D eigenvalue weighted by atomic mass is 16.5. The third-order valence-electron chi connectivity index (χ3n) is 5.98. The van der Waals surface area contributed by atoms with E-state index in [1.165, 1.54) is 82.1 Å². The molecule has 2 aromatic rings. The molecule has 1 heterocycles. The molecule has 0 amide bonds. The Balaban J connectivity index is 1.21. The molecule has 0 saturated carbocycles. The maximum Gasteiger partial charge on any atom is 0.119 e. The van der Waals surface area contributed by atoms with E-state index in [0.717, 1.165) is 5.75 Å². The summed E-state index contributed by atoms with van der Waals surface area (Å²) in [5.41, 5.74) is 2.62. The molecule has 0 bridgehead atoms. The summed E-state index contributed by atoms with van der Waals surface area (Å²) in [7, 11) is 1.84. The van der Waals surface area contributed by atoms with Crippen molar-refractivity contribution in [2.75, 3.05) is 26.7 Å². The van der Waals surface area contributed by atoms with Gasteiger partial charge in [-0.25, -0.2) is 0 Å². The van der Waals surface area contributed by atoms with Crippen LogP contribution >= 0.6 is 0 Å². The molecule has 0 spiro atoms. The number of benzene rings is 2. The van der Waals surface area contributed by atoms with Crippen molar-refractivity contribution in [1.29, 1.82) is 0 Å². The highest BCUT2D eigenvalue weighted by molar-refractivity contribution is 5.27. The minimum atomic E-state index is 0.496. The number of rotatable bonds is 12. The summed E-state index contributed by atoms with van der Waals surface area (Å²) in [6.45, 7) is 4.32. The van der Waals surface area contributed by atoms with Crippen LogP contribution in [0.25, 0.3) is 0 Å². The monoisotopic (exact) mass is 395 g/mol. The van der Waals surface area contributed by atoms with Crippen LogP contribution in [0.4, 0.5) is 0 Å². The molecule has 3 nitrogen and oxygen atoms in total. The first-order chi connectivity index (χ1) is 14.3. The van der Waals surface area contributed by atoms with Crippen LogP contribution in [0.1, 0.15) is 56.1 Å². The Kier molecular flexibility index (Phi) is 9.55. The molecule has 0 radical (unpaired) electrons. The summed E-state index contributed by atoms with van der Waals surface area (Å²) >= 11 is 0. The highest BCUT2D eigenvalue weighted by Gasteiger charge is 2.17. The van der Waals surface area contributed by atoms with E-state index in [0.29, 0.717) is 12.7 Å². The average molecular weight is 396 g/mol. The van der Waals surface area contributed by atoms with E-state index in [-0.39, 0.29) is 0 Å². The first-order valence-electron chi connectivity index (χ1n) is 11.3. The molecular weight excluding hydrogens is 358 g/mol. The molecule has 3 rings (SSSR count). The van der Waals surface area contributed by atoms with Crippen molar-refractivity contribution in [1.82, 2.24) is 4.90 Å². The number of ether oxygens (including phenoxy) is 2. The molecule has 1 aliphatic rings. The van der Waals surface area contributed by atoms with Gasteiger partial charge in [-0.2, -0.15) is 0 Å². The van der Waals surface area contributed by atoms with Crippen molar-refractivity contribution in [3.8, 4) is 5.75 Å². The molecule has 29 heavy (non-hydrogen) atoms. The quantitative estimate of drug-likeness (QED) is 0.420. The third-order valence-corrected chi connectivity index (χ3v) is 5.98. The van der Waals surface area contributed by atoms with Crippen LogP contribution in [0.15, 0.2) is 54.6 Å². The molecular formula is C26H37NO2. The Labute approximate surface area is 177 Å². The zero-order valence-corrected chi connectivity index (χ0v) is 18.0. The van der Waals surface area contributed by atoms with Gasteiger partial charge < -0.3 is 14.4 Å². The summed E-state index contributed by atoms with van der Waals surface area (Å²) in [5.74, 6) is 0.951. The summed E-state index contributed by atoms with van der Waals surface area (Å²) in [5, 5.41) is 0. The maximum atomic E-state index is 5.87. The Morgan fingerprint density at radius 2 is 1.48 bits per heavy atom. The standard InChI is InChI=1S/C26H37NO2/c1-28-25-17-20-27(21-18-25)19-9-4-2-3-6-10-23-13-15-26(16-14-23)29-22-24-11-7-5-8-12-24/h5,7-8,11-16,25H,2-4,6,9-10,17-22H2,1H3. The van der Waals surface area contributed by atoms with Crippen molar-refractivity contribution in [3.63, 3.8) is 0 Å². The first kappa shape index (κ1) is 21.9. The SMILES string of the molecule is COC1CCN(CCCCCCCc2ccc(OCc3ccccc3)cc2)CC1. The summed E-state index contributed by atoms with van der Waals surface area (Å²) in [6, 6.07) is 18.9. The number of methoxy groups -OCH3 is 1. The van der Waals surface area contributed by atoms with Gasteiger partial charge in [0.25, 0.3) is 0 Å². The van der Waals surface area contributed by atoms with Crippen LogP contribution in [0.3, 0.4) is 0 Å². The topological polar surface area (TPSA) is 21.7 Å². The number of aryl methyl sites for hydroxylation is 1. The predicted octanol–water partition coefficient (Wildman–Crippen LogP) is 5.87. The Bertz CT molecular complexity index is 663. The van der Waals surface area contributed by atoms with Crippen molar-refractivity contribution in [2.45, 2.75) is 64.1 Å². The van der Waals surface area contributed by atoms with Gasteiger partial charge in [-0.05, 0) is 61.9 Å². The number of hydrogen-bond donors (Lipinski definition) is 0. The molecule has 2 aromatic carbocycles. The second-order valence-corrected chi connectivity index (χ2v) is 8.21. The van der Waals surface area contributed by atoms with E-state index >= 15 is 0 Å². The lowest BCUT2D eigenvalue weighted by molar-refractivity contribution is 0.0407. The number of unbranched alkanes of at least 4 members (excludes halogenated alkanes) is 4. The third kappa shape index (κ3) is 8.20. The minimum Gasteiger partial charge on any atom is -0.489 e. The Morgan fingerprint density at radius 3 is 2.21 bits per heavy atom. The van der Waals surface area contributed by atoms with Gasteiger partial charge in [0.2, 0.25) is 0 Å². The van der Waals surface area contributed by atoms with Crippen LogP contribution in [0.5, 0.6) is 5.75 Å². The van der Waals surface area contributed by atoms with Gasteiger partial charge in [0, 0.05) is 20.2 Å². The van der Waals surface area contributed by atoms with Crippen LogP contribution in [-0.4, -0.2) is 37.7 Å². The first-order valence-corrected chi connectivity index (χ1v) is 11.3. The van der Waals surface area contributed by atoms with Crippen LogP contribution in [0.2, 0.25) is 0 Å². The largest absolute Gasteiger partial charge is 0.489 e. The molecule has 0 atom stereocenters. The lowest BCUT2D eigenvalue weighted by Gasteiger charge is -2.31. The molecule has 0 N–H and O–H groups in total. The van der Waals surface area contributed by atoms with E-state index in [9.17, 15) is 0 Å². The fourth-order valence-electron chi connectivity index (χ4n) is 4.06. The Morgan fingerprint density at radius 1 is 0.793 bits per heavy atom. The summed E-state index contributed by atoms with van der Waals surface area (Å²) in [4.78, 5) is 2.61. The molecule has 1 saturated heterocycles. The molecule has 0 aliphatic carbocycles. The van der Waals surface area contributed by atoms with Crippen molar-refractivity contribution < 1.29 is 9.47 Å². The second kappa shape index (κ2) is 12.7. The highest BCUT2D eigenvalue weighted by Crippen LogP contribution is 2.17. The Hall–Kier alpha value is -1.84. The lowest BCUT2D eigenvalue weighted by atomic mass is 10.0. The van der Waals surface area contributed by atoms with Crippen molar-refractivity contribution in [3.05, 3.63) is 65.7 Å². The molecule has 158 valence electrons. The van der Waals surface area contributed by atoms with Crippen LogP contribution in [-0.2, 0) is 17.8 Å². The van der Waals surface area contributed by atoms with Gasteiger partial charge in [0.1, 0.15) is 12.4 Å². The van der Waals surface area contributed by atoms with Crippen molar-refractivity contribution >= 4 is 0 Å². The van der Waals surface area contributed by atoms with Crippen LogP contribution in [0, 0.1) is 0 Å². The fraction of sp³-hybridized carbons (Fsp3) is 0.538. The van der Waals surface area contributed by atoms with Gasteiger partial charge in [0.05, 0.1) is 6.10 Å². The zero-order chi connectivity index (χ0) is 20.2. The average Bonchev–Trinajstić information content (AvgIpc) is 2.79. The van der Waals surface area contributed by atoms with Gasteiger partial charge >= 0.3 is 0 Å². The number of piperidine rings is 1.